The largest absolute Gasteiger partial charge is 0.397 e. The molecule has 2 nitrogen and oxygen atoms in total. The Balaban J connectivity index is 2.08. The maximum absolute atomic E-state index is 5.78. The Morgan fingerprint density at radius 1 is 1.00 bits per heavy atom. The lowest BCUT2D eigenvalue weighted by Crippen LogP contribution is -1.94. The van der Waals surface area contributed by atoms with Gasteiger partial charge >= 0.3 is 0 Å². The van der Waals surface area contributed by atoms with Crippen LogP contribution >= 0.6 is 11.8 Å². The van der Waals surface area contributed by atoms with Crippen molar-refractivity contribution in [2.45, 2.75) is 17.6 Å². The van der Waals surface area contributed by atoms with Crippen LogP contribution in [0.4, 0.5) is 11.4 Å². The number of thioether (sulfide) groups is 1. The van der Waals surface area contributed by atoms with Crippen LogP contribution in [0.3, 0.4) is 0 Å². The van der Waals surface area contributed by atoms with E-state index in [1.165, 1.54) is 11.1 Å². The maximum atomic E-state index is 5.78. The molecule has 2 aromatic rings. The summed E-state index contributed by atoms with van der Waals surface area (Å²) in [5.74, 6) is 0.954. The second-order valence-electron chi connectivity index (χ2n) is 4.01. The van der Waals surface area contributed by atoms with Gasteiger partial charge in [0.25, 0.3) is 0 Å². The third-order valence-electron chi connectivity index (χ3n) is 2.71. The maximum Gasteiger partial charge on any atom is 0.0559 e. The van der Waals surface area contributed by atoms with Crippen LogP contribution in [0.5, 0.6) is 0 Å². The van der Waals surface area contributed by atoms with Crippen molar-refractivity contribution in [2.75, 3.05) is 11.5 Å². The van der Waals surface area contributed by atoms with E-state index in [0.717, 1.165) is 10.6 Å². The summed E-state index contributed by atoms with van der Waals surface area (Å²) in [6.45, 7) is 2.13. The normalized spacial score (nSPS) is 10.4. The molecular formula is C14H16N2S. The smallest absolute Gasteiger partial charge is 0.0559 e. The fourth-order valence-electron chi connectivity index (χ4n) is 1.58. The number of hydrogen-bond acceptors (Lipinski definition) is 3. The highest BCUT2D eigenvalue weighted by atomic mass is 32.2. The van der Waals surface area contributed by atoms with Gasteiger partial charge in [-0.25, -0.2) is 0 Å². The number of benzene rings is 2. The quantitative estimate of drug-likeness (QED) is 0.642. The van der Waals surface area contributed by atoms with E-state index in [2.05, 4.69) is 31.2 Å². The van der Waals surface area contributed by atoms with E-state index in [1.54, 1.807) is 11.8 Å². The zero-order chi connectivity index (χ0) is 12.3. The van der Waals surface area contributed by atoms with Crippen molar-refractivity contribution in [2.24, 2.45) is 0 Å². The van der Waals surface area contributed by atoms with Gasteiger partial charge in [-0.3, -0.25) is 0 Å². The number of nitrogens with two attached hydrogens (primary N) is 2. The molecule has 0 atom stereocenters. The SMILES string of the molecule is Cc1ccccc1CSc1ccc(N)c(N)c1. The van der Waals surface area contributed by atoms with Gasteiger partial charge in [0, 0.05) is 10.6 Å². The van der Waals surface area contributed by atoms with E-state index < -0.39 is 0 Å². The van der Waals surface area contributed by atoms with Gasteiger partial charge in [0.1, 0.15) is 0 Å². The highest BCUT2D eigenvalue weighted by Crippen LogP contribution is 2.27. The first kappa shape index (κ1) is 11.9. The van der Waals surface area contributed by atoms with Crippen molar-refractivity contribution in [1.29, 1.82) is 0 Å². The van der Waals surface area contributed by atoms with Crippen LogP contribution < -0.4 is 11.5 Å². The number of hydrogen-bond donors (Lipinski definition) is 2. The zero-order valence-electron chi connectivity index (χ0n) is 9.81. The molecule has 2 aromatic carbocycles. The van der Waals surface area contributed by atoms with Crippen molar-refractivity contribution >= 4 is 23.1 Å². The summed E-state index contributed by atoms with van der Waals surface area (Å²) in [6.07, 6.45) is 0. The van der Waals surface area contributed by atoms with Crippen LogP contribution in [0.15, 0.2) is 47.4 Å². The summed E-state index contributed by atoms with van der Waals surface area (Å²) in [5, 5.41) is 0. The van der Waals surface area contributed by atoms with Crippen molar-refractivity contribution in [3.8, 4) is 0 Å². The lowest BCUT2D eigenvalue weighted by Gasteiger charge is -2.07. The average molecular weight is 244 g/mol. The summed E-state index contributed by atoms with van der Waals surface area (Å²) >= 11 is 1.77. The second kappa shape index (κ2) is 5.15. The molecule has 3 heteroatoms. The van der Waals surface area contributed by atoms with Gasteiger partial charge < -0.3 is 11.5 Å². The molecule has 0 aliphatic carbocycles. The molecule has 0 fully saturated rings. The third-order valence-corrected chi connectivity index (χ3v) is 3.76. The minimum absolute atomic E-state index is 0.644. The van der Waals surface area contributed by atoms with Gasteiger partial charge in [0.15, 0.2) is 0 Å². The molecule has 0 aromatic heterocycles. The molecule has 0 spiro atoms. The summed E-state index contributed by atoms with van der Waals surface area (Å²) in [6, 6.07) is 14.2. The Bertz CT molecular complexity index is 523. The van der Waals surface area contributed by atoms with Gasteiger partial charge in [-0.15, -0.1) is 11.8 Å². The first-order chi connectivity index (χ1) is 8.16. The Morgan fingerprint density at radius 2 is 1.76 bits per heavy atom. The van der Waals surface area contributed by atoms with Crippen molar-refractivity contribution in [3.63, 3.8) is 0 Å². The first-order valence-electron chi connectivity index (χ1n) is 5.49. The number of nitrogen functional groups attached to an aromatic ring is 2. The minimum atomic E-state index is 0.644. The van der Waals surface area contributed by atoms with E-state index >= 15 is 0 Å². The Labute approximate surface area is 106 Å². The Hall–Kier alpha value is -1.61. The number of rotatable bonds is 3. The van der Waals surface area contributed by atoms with Crippen LogP contribution in [-0.4, -0.2) is 0 Å². The molecule has 88 valence electrons. The molecular weight excluding hydrogens is 228 g/mol. The fraction of sp³-hybridized carbons (Fsp3) is 0.143. The number of anilines is 2. The molecule has 4 N–H and O–H groups in total. The Kier molecular flexibility index (Phi) is 3.59. The third kappa shape index (κ3) is 2.94. The molecule has 0 unspecified atom stereocenters. The fourth-order valence-corrected chi connectivity index (χ4v) is 2.60. The predicted molar refractivity (Wildman–Crippen MR) is 76.0 cm³/mol. The molecule has 0 saturated carbocycles. The van der Waals surface area contributed by atoms with Gasteiger partial charge in [-0.1, -0.05) is 24.3 Å². The molecule has 0 heterocycles. The molecule has 0 aliphatic rings. The summed E-state index contributed by atoms with van der Waals surface area (Å²) in [4.78, 5) is 1.15. The monoisotopic (exact) mass is 244 g/mol. The van der Waals surface area contributed by atoms with Crippen LogP contribution in [0.2, 0.25) is 0 Å². The number of aryl methyl sites for hydroxylation is 1. The molecule has 0 amide bonds. The lowest BCUT2D eigenvalue weighted by atomic mass is 10.1. The average Bonchev–Trinajstić information content (AvgIpc) is 2.32. The van der Waals surface area contributed by atoms with Crippen LogP contribution in [0.25, 0.3) is 0 Å². The van der Waals surface area contributed by atoms with Crippen LogP contribution in [0, 0.1) is 6.92 Å². The highest BCUT2D eigenvalue weighted by molar-refractivity contribution is 7.98. The van der Waals surface area contributed by atoms with Crippen LogP contribution in [-0.2, 0) is 5.75 Å². The summed E-state index contributed by atoms with van der Waals surface area (Å²) in [5.41, 5.74) is 15.4. The topological polar surface area (TPSA) is 52.0 Å². The minimum Gasteiger partial charge on any atom is -0.397 e. The van der Waals surface area contributed by atoms with Crippen molar-refractivity contribution in [3.05, 3.63) is 53.6 Å². The molecule has 2 rings (SSSR count). The van der Waals surface area contributed by atoms with Crippen molar-refractivity contribution in [1.82, 2.24) is 0 Å². The molecule has 17 heavy (non-hydrogen) atoms. The van der Waals surface area contributed by atoms with Gasteiger partial charge in [0.2, 0.25) is 0 Å². The van der Waals surface area contributed by atoms with E-state index in [1.807, 2.05) is 18.2 Å². The molecule has 0 radical (unpaired) electrons. The van der Waals surface area contributed by atoms with E-state index in [4.69, 9.17) is 11.5 Å². The standard InChI is InChI=1S/C14H16N2S/c1-10-4-2-3-5-11(10)9-17-12-6-7-13(15)14(16)8-12/h2-8H,9,15-16H2,1H3. The molecule has 0 aliphatic heterocycles. The lowest BCUT2D eigenvalue weighted by molar-refractivity contribution is 1.30. The molecule has 0 saturated heterocycles. The van der Waals surface area contributed by atoms with E-state index in [9.17, 15) is 0 Å². The van der Waals surface area contributed by atoms with Gasteiger partial charge in [0.05, 0.1) is 11.4 Å². The first-order valence-corrected chi connectivity index (χ1v) is 6.47. The van der Waals surface area contributed by atoms with E-state index in [0.29, 0.717) is 11.4 Å². The van der Waals surface area contributed by atoms with Crippen LogP contribution in [0.1, 0.15) is 11.1 Å². The molecule has 0 bridgehead atoms. The summed E-state index contributed by atoms with van der Waals surface area (Å²) in [7, 11) is 0. The highest BCUT2D eigenvalue weighted by Gasteiger charge is 2.01. The summed E-state index contributed by atoms with van der Waals surface area (Å²) < 4.78 is 0. The predicted octanol–water partition coefficient (Wildman–Crippen LogP) is 3.45. The van der Waals surface area contributed by atoms with Crippen molar-refractivity contribution < 1.29 is 0 Å². The van der Waals surface area contributed by atoms with Gasteiger partial charge in [-0.05, 0) is 36.2 Å². The second-order valence-corrected chi connectivity index (χ2v) is 5.05. The zero-order valence-corrected chi connectivity index (χ0v) is 10.6. The Morgan fingerprint density at radius 3 is 2.47 bits per heavy atom. The van der Waals surface area contributed by atoms with Gasteiger partial charge in [-0.2, -0.15) is 0 Å². The van der Waals surface area contributed by atoms with E-state index in [-0.39, 0.29) is 0 Å².